The maximum absolute atomic E-state index is 14.8. The van der Waals surface area contributed by atoms with Crippen LogP contribution in [0, 0.1) is 6.92 Å². The summed E-state index contributed by atoms with van der Waals surface area (Å²) in [6.07, 6.45) is -4.82. The molecule has 2 aliphatic rings. The lowest BCUT2D eigenvalue weighted by Crippen LogP contribution is -2.33. The number of fused-ring (bicyclic) bond motifs is 2. The lowest BCUT2D eigenvalue weighted by molar-refractivity contribution is -0.137. The normalized spacial score (nSPS) is 14.8. The summed E-state index contributed by atoms with van der Waals surface area (Å²) in [7, 11) is 1.28. The first-order valence-corrected chi connectivity index (χ1v) is 13.7. The van der Waals surface area contributed by atoms with E-state index in [2.05, 4.69) is 0 Å². The van der Waals surface area contributed by atoms with Gasteiger partial charge in [0.1, 0.15) is 13.3 Å². The molecule has 11 heteroatoms. The van der Waals surface area contributed by atoms with Crippen LogP contribution in [0.2, 0.25) is 0 Å². The number of benzene rings is 4. The van der Waals surface area contributed by atoms with Crippen molar-refractivity contribution in [2.75, 3.05) is 25.3 Å². The Morgan fingerprint density at radius 2 is 1.11 bits per heavy atom. The van der Waals surface area contributed by atoms with Crippen molar-refractivity contribution in [1.29, 1.82) is 0 Å². The van der Waals surface area contributed by atoms with Gasteiger partial charge >= 0.3 is 6.18 Å². The number of alkyl halides is 5. The fourth-order valence-corrected chi connectivity index (χ4v) is 5.96. The summed E-state index contributed by atoms with van der Waals surface area (Å²) in [5, 5.41) is 0. The highest BCUT2D eigenvalue weighted by molar-refractivity contribution is 6.34. The van der Waals surface area contributed by atoms with E-state index in [4.69, 9.17) is 0 Å². The molecular weight excluding hydrogens is 595 g/mol. The molecule has 0 radical (unpaired) electrons. The third kappa shape index (κ3) is 4.44. The zero-order valence-corrected chi connectivity index (χ0v) is 23.8. The molecule has 4 aromatic rings. The van der Waals surface area contributed by atoms with Crippen molar-refractivity contribution in [3.8, 4) is 11.1 Å². The van der Waals surface area contributed by atoms with E-state index >= 15 is 0 Å². The average Bonchev–Trinajstić information content (AvgIpc) is 3.41. The van der Waals surface area contributed by atoms with Gasteiger partial charge in [-0.05, 0) is 71.1 Å². The summed E-state index contributed by atoms with van der Waals surface area (Å²) in [6, 6.07) is 17.1. The molecule has 228 valence electrons. The first-order valence-electron chi connectivity index (χ1n) is 13.7. The van der Waals surface area contributed by atoms with Crippen LogP contribution in [0.15, 0.2) is 78.9 Å². The molecule has 6 nitrogen and oxygen atoms in total. The Morgan fingerprint density at radius 3 is 1.69 bits per heavy atom. The van der Waals surface area contributed by atoms with E-state index in [1.54, 1.807) is 25.1 Å². The molecule has 0 fully saturated rings. The Bertz CT molecular complexity index is 1950. The molecular formula is C34H23F5N2O4. The maximum Gasteiger partial charge on any atom is 0.417 e. The fourth-order valence-electron chi connectivity index (χ4n) is 5.96. The Labute approximate surface area is 253 Å². The highest BCUT2D eigenvalue weighted by atomic mass is 19.4. The molecule has 4 amide bonds. The number of carbonyl (C=O) groups is 4. The number of hydrogen-bond donors (Lipinski definition) is 0. The van der Waals surface area contributed by atoms with E-state index in [1.807, 2.05) is 0 Å². The summed E-state index contributed by atoms with van der Waals surface area (Å²) < 4.78 is 72.5. The fraction of sp³-hybridized carbons (Fsp3) is 0.176. The van der Waals surface area contributed by atoms with Crippen LogP contribution in [0.1, 0.15) is 63.7 Å². The summed E-state index contributed by atoms with van der Waals surface area (Å²) in [6.45, 7) is -0.945. The molecule has 6 rings (SSSR count). The van der Waals surface area contributed by atoms with Crippen molar-refractivity contribution in [2.24, 2.45) is 0 Å². The van der Waals surface area contributed by atoms with Gasteiger partial charge in [-0.3, -0.25) is 24.1 Å². The highest BCUT2D eigenvalue weighted by Crippen LogP contribution is 2.43. The second-order valence-corrected chi connectivity index (χ2v) is 11.0. The molecule has 0 saturated carbocycles. The number of nitrogens with zero attached hydrogens (tertiary/aromatic N) is 2. The van der Waals surface area contributed by atoms with E-state index in [1.165, 1.54) is 55.6 Å². The highest BCUT2D eigenvalue weighted by Gasteiger charge is 2.43. The number of hydrogen-bond acceptors (Lipinski definition) is 4. The van der Waals surface area contributed by atoms with E-state index in [9.17, 15) is 41.1 Å². The van der Waals surface area contributed by atoms with Crippen LogP contribution in [0.5, 0.6) is 0 Å². The molecule has 0 atom stereocenters. The minimum atomic E-state index is -4.82. The summed E-state index contributed by atoms with van der Waals surface area (Å²) in [4.78, 5) is 53.3. The molecule has 45 heavy (non-hydrogen) atoms. The van der Waals surface area contributed by atoms with Gasteiger partial charge in [-0.1, -0.05) is 42.5 Å². The van der Waals surface area contributed by atoms with E-state index < -0.39 is 54.1 Å². The van der Waals surface area contributed by atoms with Crippen LogP contribution in [0.4, 0.5) is 27.6 Å². The van der Waals surface area contributed by atoms with Crippen LogP contribution < -0.4 is 4.90 Å². The molecule has 0 saturated heterocycles. The lowest BCUT2D eigenvalue weighted by Gasteiger charge is -2.29. The Morgan fingerprint density at radius 1 is 0.600 bits per heavy atom. The number of carbonyl (C=O) groups excluding carboxylic acids is 4. The first kappa shape index (κ1) is 29.9. The van der Waals surface area contributed by atoms with Crippen molar-refractivity contribution in [3.63, 3.8) is 0 Å². The van der Waals surface area contributed by atoms with Crippen molar-refractivity contribution in [3.05, 3.63) is 123 Å². The number of rotatable bonds is 6. The summed E-state index contributed by atoms with van der Waals surface area (Å²) >= 11 is 0. The third-order valence-corrected chi connectivity index (χ3v) is 8.54. The Balaban J connectivity index is 1.42. The van der Waals surface area contributed by atoms with Crippen molar-refractivity contribution < 1.29 is 41.1 Å². The SMILES string of the molecule is Cc1ccccc1-c1ccc(N2C(=O)c3ccc(C(CF)(CF)c4ccc5c(c4)C(=O)N(C)C5=O)cc3C2=O)cc1C(F)(F)F. The van der Waals surface area contributed by atoms with Gasteiger partial charge in [0.25, 0.3) is 23.6 Å². The van der Waals surface area contributed by atoms with Gasteiger partial charge in [0.15, 0.2) is 0 Å². The van der Waals surface area contributed by atoms with Gasteiger partial charge < -0.3 is 0 Å². The standard InChI is InChI=1S/C34H23F5N2O4/c1-18-5-3-4-6-22(18)23-12-9-21(15-28(23)34(37,38)39)41-31(44)25-11-8-20(14-27(25)32(41)45)33(16-35,17-36)19-7-10-24-26(13-19)30(43)40(2)29(24)42/h3-15H,16-17H2,1-2H3. The van der Waals surface area contributed by atoms with Crippen LogP contribution in [0.25, 0.3) is 11.1 Å². The first-order chi connectivity index (χ1) is 21.3. The van der Waals surface area contributed by atoms with E-state index in [0.717, 1.165) is 17.0 Å². The van der Waals surface area contributed by atoms with Crippen LogP contribution >= 0.6 is 0 Å². The number of halogens is 5. The molecule has 4 aromatic carbocycles. The predicted octanol–water partition coefficient (Wildman–Crippen LogP) is 6.93. The molecule has 0 aliphatic carbocycles. The molecule has 2 aliphatic heterocycles. The molecule has 0 bridgehead atoms. The van der Waals surface area contributed by atoms with Gasteiger partial charge in [-0.15, -0.1) is 0 Å². The number of imide groups is 2. The Kier molecular flexibility index (Phi) is 6.95. The van der Waals surface area contributed by atoms with Gasteiger partial charge in [-0.2, -0.15) is 13.2 Å². The smallest absolute Gasteiger partial charge is 0.277 e. The van der Waals surface area contributed by atoms with Crippen molar-refractivity contribution >= 4 is 29.3 Å². The van der Waals surface area contributed by atoms with Gasteiger partial charge in [0.2, 0.25) is 0 Å². The summed E-state index contributed by atoms with van der Waals surface area (Å²) in [5.41, 5.74) is -2.92. The zero-order valence-electron chi connectivity index (χ0n) is 23.8. The third-order valence-electron chi connectivity index (χ3n) is 8.54. The topological polar surface area (TPSA) is 74.8 Å². The van der Waals surface area contributed by atoms with Crippen LogP contribution in [0.3, 0.4) is 0 Å². The minimum absolute atomic E-state index is 0.0258. The quantitative estimate of drug-likeness (QED) is 0.174. The molecule has 0 N–H and O–H groups in total. The maximum atomic E-state index is 14.8. The van der Waals surface area contributed by atoms with Gasteiger partial charge in [-0.25, -0.2) is 13.7 Å². The van der Waals surface area contributed by atoms with Crippen molar-refractivity contribution in [2.45, 2.75) is 18.5 Å². The Hall–Kier alpha value is -5.19. The average molecular weight is 619 g/mol. The van der Waals surface area contributed by atoms with Crippen molar-refractivity contribution in [1.82, 2.24) is 4.90 Å². The molecule has 0 aromatic heterocycles. The number of amides is 4. The minimum Gasteiger partial charge on any atom is -0.277 e. The van der Waals surface area contributed by atoms with Crippen LogP contribution in [-0.2, 0) is 11.6 Å². The summed E-state index contributed by atoms with van der Waals surface area (Å²) in [5.74, 6) is -3.05. The monoisotopic (exact) mass is 618 g/mol. The van der Waals surface area contributed by atoms with E-state index in [-0.39, 0.29) is 44.6 Å². The van der Waals surface area contributed by atoms with Gasteiger partial charge in [0, 0.05) is 7.05 Å². The number of aryl methyl sites for hydroxylation is 1. The van der Waals surface area contributed by atoms with Crippen LogP contribution in [-0.4, -0.2) is 48.9 Å². The number of anilines is 1. The second-order valence-electron chi connectivity index (χ2n) is 11.0. The largest absolute Gasteiger partial charge is 0.417 e. The molecule has 2 heterocycles. The molecule has 0 spiro atoms. The second kappa shape index (κ2) is 10.5. The van der Waals surface area contributed by atoms with Gasteiger partial charge in [0.05, 0.1) is 38.9 Å². The zero-order chi connectivity index (χ0) is 32.4. The van der Waals surface area contributed by atoms with E-state index in [0.29, 0.717) is 16.0 Å². The molecule has 0 unspecified atom stereocenters. The predicted molar refractivity (Wildman–Crippen MR) is 155 cm³/mol. The lowest BCUT2D eigenvalue weighted by atomic mass is 9.75.